The number of rotatable bonds is 8. The summed E-state index contributed by atoms with van der Waals surface area (Å²) in [5, 5.41) is -0.671. The monoisotopic (exact) mass is 560 g/mol. The van der Waals surface area contributed by atoms with Crippen LogP contribution < -0.4 is 19.5 Å². The summed E-state index contributed by atoms with van der Waals surface area (Å²) in [6, 6.07) is 9.65. The quantitative estimate of drug-likeness (QED) is 0.191. The van der Waals surface area contributed by atoms with Gasteiger partial charge in [0.2, 0.25) is 11.3 Å². The summed E-state index contributed by atoms with van der Waals surface area (Å²) >= 11 is 0. The summed E-state index contributed by atoms with van der Waals surface area (Å²) in [4.78, 5) is 26.5. The lowest BCUT2D eigenvalue weighted by atomic mass is 10.0. The van der Waals surface area contributed by atoms with Crippen molar-refractivity contribution in [3.63, 3.8) is 0 Å². The first-order chi connectivity index (χ1) is 17.8. The Hall–Kier alpha value is -3.79. The highest BCUT2D eigenvalue weighted by Crippen LogP contribution is 2.46. The van der Waals surface area contributed by atoms with Crippen LogP contribution in [0.25, 0.3) is 0 Å². The molecule has 0 aliphatic carbocycles. The minimum atomic E-state index is -5.38. The average molecular weight is 560 g/mol. The third kappa shape index (κ3) is 5.40. The normalized spacial score (nSPS) is 12.6. The number of carbonyl (C=O) groups is 2. The molecule has 38 heavy (non-hydrogen) atoms. The molecule has 6 nitrogen and oxygen atoms in total. The van der Waals surface area contributed by atoms with Crippen molar-refractivity contribution in [2.75, 3.05) is 21.3 Å². The Bertz CT molecular complexity index is 1370. The summed E-state index contributed by atoms with van der Waals surface area (Å²) < 4.78 is 111. The van der Waals surface area contributed by atoms with Gasteiger partial charge >= 0.3 is 12.4 Å². The minimum absolute atomic E-state index is 0.105. The third-order valence-corrected chi connectivity index (χ3v) is 7.04. The third-order valence-electron chi connectivity index (χ3n) is 5.45. The fourth-order valence-corrected chi connectivity index (χ4v) is 5.35. The van der Waals surface area contributed by atoms with Crippen molar-refractivity contribution < 1.29 is 54.7 Å². The van der Waals surface area contributed by atoms with E-state index in [9.17, 15) is 40.5 Å². The van der Waals surface area contributed by atoms with E-state index in [-0.39, 0.29) is 29.0 Å². The van der Waals surface area contributed by atoms with Gasteiger partial charge in [-0.2, -0.15) is 26.3 Å². The van der Waals surface area contributed by atoms with E-state index < -0.39 is 65.0 Å². The number of ether oxygens (including phenoxy) is 3. The van der Waals surface area contributed by atoms with Crippen LogP contribution in [0.4, 0.5) is 26.3 Å². The molecule has 0 aromatic heterocycles. The molecule has 0 N–H and O–H groups in total. The molecule has 0 radical (unpaired) electrons. The molecule has 3 aromatic rings. The maximum absolute atomic E-state index is 13.7. The van der Waals surface area contributed by atoms with Gasteiger partial charge in [0, 0.05) is 17.2 Å². The van der Waals surface area contributed by atoms with Crippen LogP contribution in [0.5, 0.6) is 17.2 Å². The van der Waals surface area contributed by atoms with E-state index in [1.807, 2.05) is 0 Å². The second-order valence-corrected chi connectivity index (χ2v) is 9.25. The molecule has 0 heterocycles. The van der Waals surface area contributed by atoms with Crippen LogP contribution in [0.2, 0.25) is 0 Å². The fraction of sp³-hybridized carbons (Fsp3) is 0.200. The summed E-state index contributed by atoms with van der Waals surface area (Å²) in [7, 11) is -0.998. The first-order valence-corrected chi connectivity index (χ1v) is 12.0. The zero-order chi connectivity index (χ0) is 28.4. The first kappa shape index (κ1) is 28.8. The van der Waals surface area contributed by atoms with Crippen molar-refractivity contribution in [3.8, 4) is 17.2 Å². The highest BCUT2D eigenvalue weighted by Gasteiger charge is 2.44. The summed E-state index contributed by atoms with van der Waals surface area (Å²) in [5.41, 5.74) is -7.84. The average Bonchev–Trinajstić information content (AvgIpc) is 2.89. The lowest BCUT2D eigenvalue weighted by Gasteiger charge is -2.21. The molecule has 1 atom stereocenters. The maximum Gasteiger partial charge on any atom is 0.417 e. The molecule has 13 heteroatoms. The molecule has 0 aliphatic rings. The lowest BCUT2D eigenvalue weighted by Crippen LogP contribution is -2.21. The van der Waals surface area contributed by atoms with Crippen molar-refractivity contribution in [2.45, 2.75) is 12.4 Å². The number of benzene rings is 3. The van der Waals surface area contributed by atoms with Crippen LogP contribution in [-0.2, 0) is 16.9 Å². The number of hydrogen-bond acceptors (Lipinski definition) is 6. The Morgan fingerprint density at radius 3 is 1.68 bits per heavy atom. The van der Waals surface area contributed by atoms with Crippen molar-refractivity contribution in [3.05, 3.63) is 82.4 Å². The molecule has 0 saturated heterocycles. The van der Waals surface area contributed by atoms with Gasteiger partial charge in [-0.05, 0) is 12.1 Å². The van der Waals surface area contributed by atoms with E-state index in [0.29, 0.717) is 6.07 Å². The van der Waals surface area contributed by atoms with E-state index in [1.54, 1.807) is 6.07 Å². The molecular formula is C25H19F6O6P. The number of halogens is 6. The van der Waals surface area contributed by atoms with E-state index in [1.165, 1.54) is 31.4 Å². The molecule has 0 aliphatic heterocycles. The largest absolute Gasteiger partial charge is 0.496 e. The minimum Gasteiger partial charge on any atom is -0.496 e. The molecular weight excluding hydrogens is 541 g/mol. The molecule has 0 spiro atoms. The smallest absolute Gasteiger partial charge is 0.417 e. The number of carbonyl (C=O) groups excluding carboxylic acids is 2. The standard InChI is InChI=1S/C25H19F6O6P/c1-35-16-12-17(36-2)22(21(37-3)19(16)20(32)13-8-5-4-6-9-13)38(34)23(33)18-14(24(26,27)28)10-7-11-15(18)25(29,30)31/h4-12,38H,1-3H3. The number of methoxy groups -OCH3 is 3. The van der Waals surface area contributed by atoms with Gasteiger partial charge in [0.1, 0.15) is 28.1 Å². The van der Waals surface area contributed by atoms with Gasteiger partial charge in [0.15, 0.2) is 7.80 Å². The number of alkyl halides is 6. The van der Waals surface area contributed by atoms with E-state index in [0.717, 1.165) is 20.3 Å². The van der Waals surface area contributed by atoms with Gasteiger partial charge in [-0.25, -0.2) is 0 Å². The molecule has 0 bridgehead atoms. The predicted octanol–water partition coefficient (Wildman–Crippen LogP) is 6.01. The first-order valence-electron chi connectivity index (χ1n) is 10.6. The van der Waals surface area contributed by atoms with E-state index in [4.69, 9.17) is 14.2 Å². The van der Waals surface area contributed by atoms with Crippen molar-refractivity contribution in [1.82, 2.24) is 0 Å². The molecule has 0 fully saturated rings. The molecule has 0 amide bonds. The van der Waals surface area contributed by atoms with Crippen LogP contribution in [0.1, 0.15) is 37.4 Å². The number of hydrogen-bond donors (Lipinski definition) is 0. The van der Waals surface area contributed by atoms with Gasteiger partial charge in [0.25, 0.3) is 0 Å². The van der Waals surface area contributed by atoms with Crippen LogP contribution in [0, 0.1) is 0 Å². The lowest BCUT2D eigenvalue weighted by molar-refractivity contribution is -0.143. The zero-order valence-electron chi connectivity index (χ0n) is 19.9. The Morgan fingerprint density at radius 2 is 1.24 bits per heavy atom. The Kier molecular flexibility index (Phi) is 8.26. The van der Waals surface area contributed by atoms with Crippen LogP contribution in [0.15, 0.2) is 54.6 Å². The Morgan fingerprint density at radius 1 is 0.711 bits per heavy atom. The highest BCUT2D eigenvalue weighted by molar-refractivity contribution is 7.72. The second kappa shape index (κ2) is 10.9. The van der Waals surface area contributed by atoms with E-state index in [2.05, 4.69) is 0 Å². The Balaban J connectivity index is 2.34. The topological polar surface area (TPSA) is 78.9 Å². The van der Waals surface area contributed by atoms with Gasteiger partial charge < -0.3 is 18.8 Å². The molecule has 3 rings (SSSR count). The molecule has 202 valence electrons. The van der Waals surface area contributed by atoms with Gasteiger partial charge in [-0.1, -0.05) is 36.4 Å². The zero-order valence-corrected chi connectivity index (χ0v) is 20.9. The summed E-state index contributed by atoms with van der Waals surface area (Å²) in [5.74, 6) is -1.86. The summed E-state index contributed by atoms with van der Waals surface area (Å²) in [6.07, 6.45) is -10.8. The maximum atomic E-state index is 13.7. The van der Waals surface area contributed by atoms with E-state index >= 15 is 0 Å². The van der Waals surface area contributed by atoms with Crippen LogP contribution in [-0.4, -0.2) is 32.6 Å². The molecule has 3 aromatic carbocycles. The van der Waals surface area contributed by atoms with Crippen molar-refractivity contribution >= 4 is 24.4 Å². The number of ketones is 1. The Labute approximate surface area is 212 Å². The van der Waals surface area contributed by atoms with Crippen LogP contribution in [0.3, 0.4) is 0 Å². The molecule has 0 saturated carbocycles. The predicted molar refractivity (Wildman–Crippen MR) is 125 cm³/mol. The van der Waals surface area contributed by atoms with Crippen LogP contribution >= 0.6 is 7.80 Å². The SMILES string of the molecule is COc1cc(OC)c([PH](=O)C(=O)c2c(C(F)(F)F)cccc2C(F)(F)F)c(OC)c1C(=O)c1ccccc1. The van der Waals surface area contributed by atoms with Gasteiger partial charge in [0.05, 0.1) is 32.5 Å². The van der Waals surface area contributed by atoms with Crippen molar-refractivity contribution in [1.29, 1.82) is 0 Å². The summed E-state index contributed by atoms with van der Waals surface area (Å²) in [6.45, 7) is 0. The van der Waals surface area contributed by atoms with Crippen molar-refractivity contribution in [2.24, 2.45) is 0 Å². The van der Waals surface area contributed by atoms with Gasteiger partial charge in [-0.3, -0.25) is 9.59 Å². The van der Waals surface area contributed by atoms with Gasteiger partial charge in [-0.15, -0.1) is 0 Å². The fourth-order valence-electron chi connectivity index (χ4n) is 3.80. The molecule has 1 unspecified atom stereocenters. The highest BCUT2D eigenvalue weighted by atomic mass is 31.1. The second-order valence-electron chi connectivity index (χ2n) is 7.64.